The topological polar surface area (TPSA) is 29.5 Å². The summed E-state index contributed by atoms with van der Waals surface area (Å²) in [6.07, 6.45) is 7.27. The lowest BCUT2D eigenvalue weighted by Gasteiger charge is -2.37. The number of likely N-dealkylation sites (tertiary alicyclic amines) is 1. The van der Waals surface area contributed by atoms with Crippen LogP contribution in [0, 0.1) is 5.92 Å². The van der Waals surface area contributed by atoms with E-state index in [0.29, 0.717) is 6.04 Å². The van der Waals surface area contributed by atoms with Gasteiger partial charge in [0.25, 0.3) is 0 Å². The Balaban J connectivity index is 1.98. The van der Waals surface area contributed by atoms with E-state index < -0.39 is 0 Å². The van der Waals surface area contributed by atoms with Crippen molar-refractivity contribution in [3.8, 4) is 0 Å². The standard InChI is InChI=1S/C16H29NO2/c1-12-7-5-8-13(11-12)17-10-6-9-14(17)15(18)19-16(2,3)4/h12-14H,5-11H2,1-4H3/t12?,13?,14-/m0/s1. The molecule has 0 aromatic rings. The minimum Gasteiger partial charge on any atom is -0.459 e. The van der Waals surface area contributed by atoms with Crippen LogP contribution < -0.4 is 0 Å². The fourth-order valence-corrected chi connectivity index (χ4v) is 3.55. The Morgan fingerprint density at radius 1 is 1.16 bits per heavy atom. The fraction of sp³-hybridized carbons (Fsp3) is 0.938. The Morgan fingerprint density at radius 2 is 1.89 bits per heavy atom. The SMILES string of the molecule is CC1CCCC(N2CCC[C@H]2C(=O)OC(C)(C)C)C1. The summed E-state index contributed by atoms with van der Waals surface area (Å²) in [5.41, 5.74) is -0.370. The van der Waals surface area contributed by atoms with Crippen molar-refractivity contribution in [1.29, 1.82) is 0 Å². The predicted octanol–water partition coefficient (Wildman–Crippen LogP) is 3.37. The first-order valence-electron chi connectivity index (χ1n) is 7.85. The second kappa shape index (κ2) is 5.82. The summed E-state index contributed by atoms with van der Waals surface area (Å²) in [6, 6.07) is 0.610. The van der Waals surface area contributed by atoms with Crippen LogP contribution in [0.1, 0.15) is 66.2 Å². The largest absolute Gasteiger partial charge is 0.459 e. The molecule has 3 heteroatoms. The number of carbonyl (C=O) groups excluding carboxylic acids is 1. The number of nitrogens with zero attached hydrogens (tertiary/aromatic N) is 1. The smallest absolute Gasteiger partial charge is 0.323 e. The van der Waals surface area contributed by atoms with E-state index in [1.165, 1.54) is 25.7 Å². The van der Waals surface area contributed by atoms with E-state index in [4.69, 9.17) is 4.74 Å². The number of esters is 1. The molecule has 2 aliphatic rings. The van der Waals surface area contributed by atoms with Gasteiger partial charge in [0, 0.05) is 6.04 Å². The van der Waals surface area contributed by atoms with Gasteiger partial charge in [-0.15, -0.1) is 0 Å². The molecule has 1 saturated carbocycles. The van der Waals surface area contributed by atoms with Crippen LogP contribution >= 0.6 is 0 Å². The van der Waals surface area contributed by atoms with Crippen molar-refractivity contribution < 1.29 is 9.53 Å². The van der Waals surface area contributed by atoms with Crippen LogP contribution in [-0.2, 0) is 9.53 Å². The zero-order valence-electron chi connectivity index (χ0n) is 12.9. The van der Waals surface area contributed by atoms with Gasteiger partial charge in [0.2, 0.25) is 0 Å². The Morgan fingerprint density at radius 3 is 2.53 bits per heavy atom. The summed E-state index contributed by atoms with van der Waals surface area (Å²) in [4.78, 5) is 14.8. The summed E-state index contributed by atoms with van der Waals surface area (Å²) in [5.74, 6) is 0.793. The number of carbonyl (C=O) groups is 1. The average Bonchev–Trinajstić information content (AvgIpc) is 2.75. The van der Waals surface area contributed by atoms with Gasteiger partial charge >= 0.3 is 5.97 Å². The van der Waals surface area contributed by atoms with E-state index in [-0.39, 0.29) is 17.6 Å². The Hall–Kier alpha value is -0.570. The third-order valence-electron chi connectivity index (χ3n) is 4.35. The highest BCUT2D eigenvalue weighted by molar-refractivity contribution is 5.76. The summed E-state index contributed by atoms with van der Waals surface area (Å²) >= 11 is 0. The molecule has 0 bridgehead atoms. The van der Waals surface area contributed by atoms with Crippen molar-refractivity contribution in [3.63, 3.8) is 0 Å². The highest BCUT2D eigenvalue weighted by Gasteiger charge is 2.38. The van der Waals surface area contributed by atoms with E-state index in [0.717, 1.165) is 25.3 Å². The van der Waals surface area contributed by atoms with Gasteiger partial charge in [0.1, 0.15) is 11.6 Å². The van der Waals surface area contributed by atoms with Crippen LogP contribution in [0.5, 0.6) is 0 Å². The number of hydrogen-bond acceptors (Lipinski definition) is 3. The van der Waals surface area contributed by atoms with Gasteiger partial charge in [-0.1, -0.05) is 19.8 Å². The highest BCUT2D eigenvalue weighted by Crippen LogP contribution is 2.32. The molecule has 1 aliphatic carbocycles. The zero-order chi connectivity index (χ0) is 14.0. The van der Waals surface area contributed by atoms with Crippen LogP contribution in [0.4, 0.5) is 0 Å². The molecule has 2 unspecified atom stereocenters. The average molecular weight is 267 g/mol. The van der Waals surface area contributed by atoms with Gasteiger partial charge in [-0.3, -0.25) is 9.69 Å². The van der Waals surface area contributed by atoms with E-state index in [1.807, 2.05) is 20.8 Å². The molecule has 0 amide bonds. The quantitative estimate of drug-likeness (QED) is 0.718. The van der Waals surface area contributed by atoms with E-state index in [1.54, 1.807) is 0 Å². The van der Waals surface area contributed by atoms with Crippen LogP contribution in [0.25, 0.3) is 0 Å². The lowest BCUT2D eigenvalue weighted by Crippen LogP contribution is -2.47. The third-order valence-corrected chi connectivity index (χ3v) is 4.35. The number of ether oxygens (including phenoxy) is 1. The molecule has 2 rings (SSSR count). The van der Waals surface area contributed by atoms with Crippen molar-refractivity contribution in [3.05, 3.63) is 0 Å². The summed E-state index contributed by atoms with van der Waals surface area (Å²) in [7, 11) is 0. The lowest BCUT2D eigenvalue weighted by atomic mass is 9.86. The molecule has 0 aromatic heterocycles. The Kier molecular flexibility index (Phi) is 4.54. The van der Waals surface area contributed by atoms with Crippen LogP contribution in [0.15, 0.2) is 0 Å². The first kappa shape index (κ1) is 14.8. The number of hydrogen-bond donors (Lipinski definition) is 0. The van der Waals surface area contributed by atoms with Crippen LogP contribution in [0.3, 0.4) is 0 Å². The molecule has 19 heavy (non-hydrogen) atoms. The molecular weight excluding hydrogens is 238 g/mol. The molecule has 110 valence electrons. The molecule has 3 atom stereocenters. The second-order valence-corrected chi connectivity index (χ2v) is 7.35. The number of rotatable bonds is 2. The summed E-state index contributed by atoms with van der Waals surface area (Å²) in [6.45, 7) is 9.26. The molecule has 0 spiro atoms. The maximum Gasteiger partial charge on any atom is 0.323 e. The maximum atomic E-state index is 12.3. The molecule has 0 N–H and O–H groups in total. The third kappa shape index (κ3) is 3.95. The Bertz CT molecular complexity index is 321. The monoisotopic (exact) mass is 267 g/mol. The second-order valence-electron chi connectivity index (χ2n) is 7.35. The van der Waals surface area contributed by atoms with Gasteiger partial charge in [0.05, 0.1) is 0 Å². The van der Waals surface area contributed by atoms with Gasteiger partial charge < -0.3 is 4.74 Å². The lowest BCUT2D eigenvalue weighted by molar-refractivity contribution is -0.161. The fourth-order valence-electron chi connectivity index (χ4n) is 3.55. The van der Waals surface area contributed by atoms with Crippen LogP contribution in [-0.4, -0.2) is 35.1 Å². The summed E-state index contributed by atoms with van der Waals surface area (Å²) < 4.78 is 5.59. The Labute approximate surface area is 117 Å². The molecule has 0 aromatic carbocycles. The molecule has 3 nitrogen and oxygen atoms in total. The molecule has 2 fully saturated rings. The first-order chi connectivity index (χ1) is 8.87. The van der Waals surface area contributed by atoms with E-state index in [9.17, 15) is 4.79 Å². The maximum absolute atomic E-state index is 12.3. The van der Waals surface area contributed by atoms with Crippen LogP contribution in [0.2, 0.25) is 0 Å². The zero-order valence-corrected chi connectivity index (χ0v) is 12.9. The van der Waals surface area contributed by atoms with Gasteiger partial charge in [0.15, 0.2) is 0 Å². The van der Waals surface area contributed by atoms with Crippen molar-refractivity contribution in [1.82, 2.24) is 4.90 Å². The van der Waals surface area contributed by atoms with Crippen molar-refractivity contribution in [2.75, 3.05) is 6.54 Å². The molecule has 1 aliphatic heterocycles. The van der Waals surface area contributed by atoms with Gasteiger partial charge in [-0.25, -0.2) is 0 Å². The minimum atomic E-state index is -0.370. The van der Waals surface area contributed by atoms with Gasteiger partial charge in [-0.05, 0) is 58.9 Å². The predicted molar refractivity (Wildman–Crippen MR) is 77.0 cm³/mol. The molecule has 0 radical (unpaired) electrons. The van der Waals surface area contributed by atoms with E-state index >= 15 is 0 Å². The highest BCUT2D eigenvalue weighted by atomic mass is 16.6. The summed E-state index contributed by atoms with van der Waals surface area (Å²) in [5, 5.41) is 0. The van der Waals surface area contributed by atoms with Gasteiger partial charge in [-0.2, -0.15) is 0 Å². The molecule has 1 heterocycles. The molecular formula is C16H29NO2. The van der Waals surface area contributed by atoms with Crippen molar-refractivity contribution in [2.24, 2.45) is 5.92 Å². The molecule has 1 saturated heterocycles. The van der Waals surface area contributed by atoms with E-state index in [2.05, 4.69) is 11.8 Å². The normalized spacial score (nSPS) is 33.4. The first-order valence-corrected chi connectivity index (χ1v) is 7.85. The van der Waals surface area contributed by atoms with Crippen molar-refractivity contribution in [2.45, 2.75) is 83.9 Å². The minimum absolute atomic E-state index is 0.00882. The van der Waals surface area contributed by atoms with Crippen molar-refractivity contribution >= 4 is 5.97 Å².